The smallest absolute Gasteiger partial charge is 0.357 e. The summed E-state index contributed by atoms with van der Waals surface area (Å²) in [5, 5.41) is 12.4. The van der Waals surface area contributed by atoms with Crippen molar-refractivity contribution in [2.24, 2.45) is 5.92 Å². The summed E-state index contributed by atoms with van der Waals surface area (Å²) < 4.78 is 5.44. The average Bonchev–Trinajstić information content (AvgIpc) is 2.98. The SMILES string of the molecule is CCCNC1=C(C(=O)OCc2ccccc2)N2C(=O)C(CCO)C2C1. The summed E-state index contributed by atoms with van der Waals surface area (Å²) in [7, 11) is 0. The van der Waals surface area contributed by atoms with Gasteiger partial charge in [0.05, 0.1) is 12.0 Å². The standard InChI is InChI=1S/C19H24N2O4/c1-2-9-20-15-11-16-14(8-10-22)18(23)21(16)17(15)19(24)25-12-13-6-4-3-5-7-13/h3-7,14,16,20,22H,2,8-12H2,1H3. The summed E-state index contributed by atoms with van der Waals surface area (Å²) in [6.07, 6.45) is 1.98. The van der Waals surface area contributed by atoms with E-state index >= 15 is 0 Å². The first-order valence-electron chi connectivity index (χ1n) is 8.79. The number of rotatable bonds is 8. The number of hydrogen-bond donors (Lipinski definition) is 2. The molecule has 2 heterocycles. The normalized spacial score (nSPS) is 21.8. The molecule has 3 rings (SSSR count). The molecule has 0 radical (unpaired) electrons. The number of nitrogens with one attached hydrogen (secondary N) is 1. The molecule has 1 aromatic rings. The van der Waals surface area contributed by atoms with Crippen molar-refractivity contribution in [1.29, 1.82) is 0 Å². The number of aliphatic hydroxyl groups excluding tert-OH is 1. The molecule has 0 aliphatic carbocycles. The van der Waals surface area contributed by atoms with Crippen LogP contribution < -0.4 is 5.32 Å². The number of hydrogen-bond acceptors (Lipinski definition) is 5. The van der Waals surface area contributed by atoms with Crippen molar-refractivity contribution in [2.45, 2.75) is 38.8 Å². The number of amides is 1. The van der Waals surface area contributed by atoms with Gasteiger partial charge >= 0.3 is 5.97 Å². The van der Waals surface area contributed by atoms with Gasteiger partial charge in [-0.1, -0.05) is 37.3 Å². The number of carbonyl (C=O) groups excluding carboxylic acids is 2. The Bertz CT molecular complexity index is 671. The number of β-lactam (4-membered cyclic amide) rings is 1. The Hall–Kier alpha value is -2.34. The zero-order chi connectivity index (χ0) is 17.8. The van der Waals surface area contributed by atoms with E-state index in [9.17, 15) is 9.59 Å². The summed E-state index contributed by atoms with van der Waals surface area (Å²) in [4.78, 5) is 26.6. The van der Waals surface area contributed by atoms with E-state index in [2.05, 4.69) is 5.32 Å². The van der Waals surface area contributed by atoms with Crippen LogP contribution in [0.2, 0.25) is 0 Å². The lowest BCUT2D eigenvalue weighted by molar-refractivity contribution is -0.157. The first kappa shape index (κ1) is 17.5. The van der Waals surface area contributed by atoms with Crippen molar-refractivity contribution in [3.8, 4) is 0 Å². The molecule has 2 aliphatic rings. The van der Waals surface area contributed by atoms with E-state index in [0.29, 0.717) is 18.5 Å². The molecule has 0 aromatic heterocycles. The molecule has 1 fully saturated rings. The highest BCUT2D eigenvalue weighted by atomic mass is 16.5. The van der Waals surface area contributed by atoms with Crippen LogP contribution in [0, 0.1) is 5.92 Å². The zero-order valence-electron chi connectivity index (χ0n) is 14.4. The lowest BCUT2D eigenvalue weighted by atomic mass is 9.85. The quantitative estimate of drug-likeness (QED) is 0.553. The third-order valence-electron chi connectivity index (χ3n) is 4.73. The first-order valence-corrected chi connectivity index (χ1v) is 8.79. The van der Waals surface area contributed by atoms with Crippen molar-refractivity contribution in [2.75, 3.05) is 13.2 Å². The molecule has 1 amide bonds. The Morgan fingerprint density at radius 1 is 1.36 bits per heavy atom. The monoisotopic (exact) mass is 344 g/mol. The van der Waals surface area contributed by atoms with Crippen LogP contribution in [0.1, 0.15) is 31.7 Å². The number of nitrogens with zero attached hydrogens (tertiary/aromatic N) is 1. The van der Waals surface area contributed by atoms with E-state index in [-0.39, 0.29) is 31.1 Å². The highest BCUT2D eigenvalue weighted by Gasteiger charge is 2.54. The fraction of sp³-hybridized carbons (Fsp3) is 0.474. The molecule has 0 saturated carbocycles. The molecule has 25 heavy (non-hydrogen) atoms. The van der Waals surface area contributed by atoms with Gasteiger partial charge < -0.3 is 20.1 Å². The summed E-state index contributed by atoms with van der Waals surface area (Å²) in [6, 6.07) is 9.42. The third kappa shape index (κ3) is 3.39. The summed E-state index contributed by atoms with van der Waals surface area (Å²) in [5.74, 6) is -0.775. The molecular formula is C19H24N2O4. The van der Waals surface area contributed by atoms with E-state index in [1.807, 2.05) is 37.3 Å². The molecule has 0 bridgehead atoms. The number of esters is 1. The van der Waals surface area contributed by atoms with Crippen LogP contribution in [0.4, 0.5) is 0 Å². The van der Waals surface area contributed by atoms with Gasteiger partial charge in [-0.3, -0.25) is 4.79 Å². The van der Waals surface area contributed by atoms with Crippen LogP contribution in [-0.4, -0.2) is 41.1 Å². The largest absolute Gasteiger partial charge is 0.456 e. The molecule has 0 spiro atoms. The predicted molar refractivity (Wildman–Crippen MR) is 92.0 cm³/mol. The molecule has 2 atom stereocenters. The minimum atomic E-state index is -0.472. The Morgan fingerprint density at radius 2 is 2.12 bits per heavy atom. The van der Waals surface area contributed by atoms with E-state index in [1.54, 1.807) is 4.90 Å². The topological polar surface area (TPSA) is 78.9 Å². The number of carbonyl (C=O) groups is 2. The fourth-order valence-corrected chi connectivity index (χ4v) is 3.46. The van der Waals surface area contributed by atoms with Crippen LogP contribution in [-0.2, 0) is 20.9 Å². The predicted octanol–water partition coefficient (Wildman–Crippen LogP) is 1.55. The van der Waals surface area contributed by atoms with Crippen molar-refractivity contribution in [3.05, 3.63) is 47.3 Å². The van der Waals surface area contributed by atoms with Gasteiger partial charge in [0, 0.05) is 25.3 Å². The molecule has 2 unspecified atom stereocenters. The minimum absolute atomic E-state index is 0.0216. The number of fused-ring (bicyclic) bond motifs is 1. The third-order valence-corrected chi connectivity index (χ3v) is 4.73. The number of benzene rings is 1. The van der Waals surface area contributed by atoms with Gasteiger partial charge in [0.25, 0.3) is 0 Å². The lowest BCUT2D eigenvalue weighted by Crippen LogP contribution is -2.58. The van der Waals surface area contributed by atoms with Gasteiger partial charge in [-0.25, -0.2) is 4.79 Å². The average molecular weight is 344 g/mol. The van der Waals surface area contributed by atoms with Gasteiger partial charge in [-0.15, -0.1) is 0 Å². The van der Waals surface area contributed by atoms with Crippen LogP contribution in [0.5, 0.6) is 0 Å². The zero-order valence-corrected chi connectivity index (χ0v) is 14.4. The maximum atomic E-state index is 12.6. The second-order valence-electron chi connectivity index (χ2n) is 6.41. The maximum absolute atomic E-state index is 12.6. The molecule has 1 aromatic carbocycles. The molecule has 2 N–H and O–H groups in total. The van der Waals surface area contributed by atoms with Crippen LogP contribution in [0.15, 0.2) is 41.7 Å². The van der Waals surface area contributed by atoms with Gasteiger partial charge in [-0.2, -0.15) is 0 Å². The Labute approximate surface area is 147 Å². The van der Waals surface area contributed by atoms with E-state index in [1.165, 1.54) is 0 Å². The van der Waals surface area contributed by atoms with Crippen molar-refractivity contribution < 1.29 is 19.4 Å². The summed E-state index contributed by atoms with van der Waals surface area (Å²) >= 11 is 0. The summed E-state index contributed by atoms with van der Waals surface area (Å²) in [6.45, 7) is 2.94. The van der Waals surface area contributed by atoms with Crippen molar-refractivity contribution >= 4 is 11.9 Å². The lowest BCUT2D eigenvalue weighted by Gasteiger charge is -2.43. The van der Waals surface area contributed by atoms with E-state index in [0.717, 1.165) is 24.2 Å². The summed E-state index contributed by atoms with van der Waals surface area (Å²) in [5.41, 5.74) is 2.02. The van der Waals surface area contributed by atoms with E-state index < -0.39 is 5.97 Å². The molecule has 6 nitrogen and oxygen atoms in total. The second kappa shape index (κ2) is 7.70. The Balaban J connectivity index is 1.72. The molecule has 2 aliphatic heterocycles. The Morgan fingerprint density at radius 3 is 2.80 bits per heavy atom. The first-order chi connectivity index (χ1) is 12.2. The molecule has 6 heteroatoms. The minimum Gasteiger partial charge on any atom is -0.456 e. The highest BCUT2D eigenvalue weighted by Crippen LogP contribution is 2.43. The van der Waals surface area contributed by atoms with Crippen molar-refractivity contribution in [3.63, 3.8) is 0 Å². The fourth-order valence-electron chi connectivity index (χ4n) is 3.46. The van der Waals surface area contributed by atoms with Gasteiger partial charge in [0.15, 0.2) is 0 Å². The molecule has 134 valence electrons. The van der Waals surface area contributed by atoms with Crippen LogP contribution in [0.3, 0.4) is 0 Å². The second-order valence-corrected chi connectivity index (χ2v) is 6.41. The van der Waals surface area contributed by atoms with Gasteiger partial charge in [0.1, 0.15) is 12.3 Å². The maximum Gasteiger partial charge on any atom is 0.357 e. The van der Waals surface area contributed by atoms with E-state index in [4.69, 9.17) is 9.84 Å². The van der Waals surface area contributed by atoms with Gasteiger partial charge in [-0.05, 0) is 18.4 Å². The van der Waals surface area contributed by atoms with Crippen LogP contribution >= 0.6 is 0 Å². The molecular weight excluding hydrogens is 320 g/mol. The molecule has 1 saturated heterocycles. The number of aliphatic hydroxyl groups is 1. The van der Waals surface area contributed by atoms with Crippen molar-refractivity contribution in [1.82, 2.24) is 10.2 Å². The number of ether oxygens (including phenoxy) is 1. The van der Waals surface area contributed by atoms with Crippen LogP contribution in [0.25, 0.3) is 0 Å². The highest BCUT2D eigenvalue weighted by molar-refractivity contribution is 6.00. The Kier molecular flexibility index (Phi) is 5.38. The van der Waals surface area contributed by atoms with Gasteiger partial charge in [0.2, 0.25) is 5.91 Å².